The van der Waals surface area contributed by atoms with Gasteiger partial charge in [-0.1, -0.05) is 49.4 Å². The van der Waals surface area contributed by atoms with Crippen LogP contribution in [-0.2, 0) is 6.42 Å². The Morgan fingerprint density at radius 3 is 2.50 bits per heavy atom. The zero-order chi connectivity index (χ0) is 16.9. The minimum Gasteiger partial charge on any atom is -0.382 e. The van der Waals surface area contributed by atoms with Crippen molar-refractivity contribution in [3.63, 3.8) is 0 Å². The van der Waals surface area contributed by atoms with Gasteiger partial charge in [0.25, 0.3) is 0 Å². The number of aromatic nitrogens is 1. The number of hydrogen-bond donors (Lipinski definition) is 2. The van der Waals surface area contributed by atoms with E-state index >= 15 is 0 Å². The molecule has 4 nitrogen and oxygen atoms in total. The molecule has 3 rings (SSSR count). The monoisotopic (exact) mass is 317 g/mol. The summed E-state index contributed by atoms with van der Waals surface area (Å²) in [6.07, 6.45) is 3.55. The van der Waals surface area contributed by atoms with Crippen LogP contribution in [0.1, 0.15) is 22.8 Å². The number of nitrogens with one attached hydrogen (secondary N) is 1. The molecule has 0 amide bonds. The number of pyridine rings is 1. The lowest BCUT2D eigenvalue weighted by Crippen LogP contribution is -2.01. The molecule has 3 N–H and O–H groups in total. The summed E-state index contributed by atoms with van der Waals surface area (Å²) in [5.41, 5.74) is 11.2. The number of nitrogen functional groups attached to an aromatic ring is 1. The van der Waals surface area contributed by atoms with Crippen LogP contribution in [0.3, 0.4) is 0 Å². The van der Waals surface area contributed by atoms with E-state index in [1.54, 1.807) is 6.20 Å². The quantitative estimate of drug-likeness (QED) is 0.682. The van der Waals surface area contributed by atoms with E-state index < -0.39 is 0 Å². The maximum absolute atomic E-state index is 11.4. The molecule has 3 aromatic rings. The Morgan fingerprint density at radius 1 is 1.04 bits per heavy atom. The van der Waals surface area contributed by atoms with Gasteiger partial charge in [0.1, 0.15) is 5.82 Å². The predicted molar refractivity (Wildman–Crippen MR) is 98.6 cm³/mol. The Labute approximate surface area is 141 Å². The van der Waals surface area contributed by atoms with Crippen LogP contribution in [0.25, 0.3) is 11.1 Å². The summed E-state index contributed by atoms with van der Waals surface area (Å²) in [5.74, 6) is 0.450. The first-order chi connectivity index (χ1) is 11.7. The van der Waals surface area contributed by atoms with Crippen LogP contribution in [0.4, 0.5) is 17.2 Å². The van der Waals surface area contributed by atoms with Gasteiger partial charge in [0, 0.05) is 23.0 Å². The average Bonchev–Trinajstić information content (AvgIpc) is 2.64. The third kappa shape index (κ3) is 3.13. The van der Waals surface area contributed by atoms with Crippen LogP contribution >= 0.6 is 0 Å². The molecule has 4 heteroatoms. The fourth-order valence-electron chi connectivity index (χ4n) is 2.63. The van der Waals surface area contributed by atoms with Gasteiger partial charge in [-0.3, -0.25) is 4.79 Å². The zero-order valence-corrected chi connectivity index (χ0v) is 13.5. The summed E-state index contributed by atoms with van der Waals surface area (Å²) in [7, 11) is 0. The minimum absolute atomic E-state index is 0.450. The second-order valence-corrected chi connectivity index (χ2v) is 5.51. The van der Waals surface area contributed by atoms with Gasteiger partial charge in [-0.25, -0.2) is 4.98 Å². The highest BCUT2D eigenvalue weighted by molar-refractivity contribution is 5.92. The van der Waals surface area contributed by atoms with Crippen molar-refractivity contribution in [1.82, 2.24) is 4.98 Å². The first-order valence-electron chi connectivity index (χ1n) is 7.88. The first-order valence-corrected chi connectivity index (χ1v) is 7.88. The number of carbonyl (C=O) groups excluding carboxylic acids is 1. The smallest absolute Gasteiger partial charge is 0.150 e. The molecule has 2 aromatic carbocycles. The summed E-state index contributed by atoms with van der Waals surface area (Å²) in [4.78, 5) is 15.6. The molecule has 0 saturated heterocycles. The SMILES string of the molecule is CCc1cnc(N)c(Nc2ccccc2-c2ccccc2C=O)c1. The highest BCUT2D eigenvalue weighted by atomic mass is 16.1. The van der Waals surface area contributed by atoms with E-state index in [0.29, 0.717) is 11.4 Å². The molecule has 0 aliphatic carbocycles. The van der Waals surface area contributed by atoms with Crippen LogP contribution < -0.4 is 11.1 Å². The van der Waals surface area contributed by atoms with Gasteiger partial charge >= 0.3 is 0 Å². The summed E-state index contributed by atoms with van der Waals surface area (Å²) >= 11 is 0. The van der Waals surface area contributed by atoms with Crippen molar-refractivity contribution in [3.05, 3.63) is 71.9 Å². The number of nitrogens with zero attached hydrogens (tertiary/aromatic N) is 1. The third-order valence-electron chi connectivity index (χ3n) is 3.96. The standard InChI is InChI=1S/C20H19N3O/c1-2-14-11-19(20(21)22-12-14)23-18-10-6-5-9-17(18)16-8-4-3-7-15(16)13-24/h3-13,23H,2H2,1H3,(H2,21,22). The lowest BCUT2D eigenvalue weighted by molar-refractivity contribution is 0.112. The number of aldehydes is 1. The molecular formula is C20H19N3O. The third-order valence-corrected chi connectivity index (χ3v) is 3.96. The summed E-state index contributed by atoms with van der Waals surface area (Å²) in [6.45, 7) is 2.07. The highest BCUT2D eigenvalue weighted by Gasteiger charge is 2.10. The van der Waals surface area contributed by atoms with Gasteiger partial charge in [0.15, 0.2) is 6.29 Å². The van der Waals surface area contributed by atoms with Gasteiger partial charge < -0.3 is 11.1 Å². The van der Waals surface area contributed by atoms with E-state index in [-0.39, 0.29) is 0 Å². The van der Waals surface area contributed by atoms with Crippen molar-refractivity contribution in [2.45, 2.75) is 13.3 Å². The Morgan fingerprint density at radius 2 is 1.75 bits per heavy atom. The maximum atomic E-state index is 11.4. The van der Waals surface area contributed by atoms with Gasteiger partial charge in [0.05, 0.1) is 5.69 Å². The molecule has 1 heterocycles. The van der Waals surface area contributed by atoms with E-state index in [2.05, 4.69) is 17.2 Å². The van der Waals surface area contributed by atoms with Crippen molar-refractivity contribution in [3.8, 4) is 11.1 Å². The first kappa shape index (κ1) is 15.7. The molecule has 0 aliphatic rings. The normalized spacial score (nSPS) is 10.4. The van der Waals surface area contributed by atoms with Gasteiger partial charge in [-0.05, 0) is 29.7 Å². The fraction of sp³-hybridized carbons (Fsp3) is 0.100. The molecule has 120 valence electrons. The van der Waals surface area contributed by atoms with E-state index in [1.807, 2.05) is 54.6 Å². The van der Waals surface area contributed by atoms with Crippen LogP contribution in [0.5, 0.6) is 0 Å². The van der Waals surface area contributed by atoms with E-state index in [1.165, 1.54) is 0 Å². The molecule has 24 heavy (non-hydrogen) atoms. The number of rotatable bonds is 5. The molecule has 0 saturated carbocycles. The van der Waals surface area contributed by atoms with Gasteiger partial charge in [-0.2, -0.15) is 0 Å². The number of aryl methyl sites for hydroxylation is 1. The minimum atomic E-state index is 0.450. The predicted octanol–water partition coefficient (Wildman–Crippen LogP) is 4.45. The average molecular weight is 317 g/mol. The Hall–Kier alpha value is -3.14. The van der Waals surface area contributed by atoms with Crippen molar-refractivity contribution in [2.75, 3.05) is 11.1 Å². The van der Waals surface area contributed by atoms with Gasteiger partial charge in [0.2, 0.25) is 0 Å². The van der Waals surface area contributed by atoms with Gasteiger partial charge in [-0.15, -0.1) is 0 Å². The van der Waals surface area contributed by atoms with Crippen molar-refractivity contribution in [2.24, 2.45) is 0 Å². The molecule has 0 atom stereocenters. The van der Waals surface area contributed by atoms with Crippen molar-refractivity contribution >= 4 is 23.5 Å². The lowest BCUT2D eigenvalue weighted by atomic mass is 9.98. The topological polar surface area (TPSA) is 68.0 Å². The fourth-order valence-corrected chi connectivity index (χ4v) is 2.63. The molecular weight excluding hydrogens is 298 g/mol. The molecule has 0 fully saturated rings. The number of para-hydroxylation sites is 1. The molecule has 0 aliphatic heterocycles. The molecule has 0 radical (unpaired) electrons. The van der Waals surface area contributed by atoms with Crippen LogP contribution in [0.2, 0.25) is 0 Å². The zero-order valence-electron chi connectivity index (χ0n) is 13.5. The summed E-state index contributed by atoms with van der Waals surface area (Å²) < 4.78 is 0. The van der Waals surface area contributed by atoms with E-state index in [4.69, 9.17) is 5.73 Å². The molecule has 0 unspecified atom stereocenters. The number of hydrogen-bond acceptors (Lipinski definition) is 4. The second kappa shape index (κ2) is 6.96. The van der Waals surface area contributed by atoms with Crippen LogP contribution in [-0.4, -0.2) is 11.3 Å². The van der Waals surface area contributed by atoms with E-state index in [9.17, 15) is 4.79 Å². The Kier molecular flexibility index (Phi) is 4.57. The van der Waals surface area contributed by atoms with Crippen molar-refractivity contribution < 1.29 is 4.79 Å². The summed E-state index contributed by atoms with van der Waals surface area (Å²) in [5, 5.41) is 3.36. The van der Waals surface area contributed by atoms with E-state index in [0.717, 1.165) is 40.8 Å². The molecule has 0 spiro atoms. The van der Waals surface area contributed by atoms with Crippen LogP contribution in [0.15, 0.2) is 60.8 Å². The Balaban J connectivity index is 2.06. The Bertz CT molecular complexity index is 874. The number of anilines is 3. The molecule has 0 bridgehead atoms. The summed E-state index contributed by atoms with van der Waals surface area (Å²) in [6, 6.07) is 17.4. The second-order valence-electron chi connectivity index (χ2n) is 5.51. The lowest BCUT2D eigenvalue weighted by Gasteiger charge is -2.15. The number of carbonyl (C=O) groups is 1. The molecule has 1 aromatic heterocycles. The largest absolute Gasteiger partial charge is 0.382 e. The highest BCUT2D eigenvalue weighted by Crippen LogP contribution is 2.33. The van der Waals surface area contributed by atoms with Crippen LogP contribution in [0, 0.1) is 0 Å². The number of benzene rings is 2. The van der Waals surface area contributed by atoms with Crippen molar-refractivity contribution in [1.29, 1.82) is 0 Å². The number of nitrogens with two attached hydrogens (primary N) is 1. The maximum Gasteiger partial charge on any atom is 0.150 e.